The van der Waals surface area contributed by atoms with Gasteiger partial charge in [-0.15, -0.1) is 0 Å². The molecular formula is C24H48O28Tc. The maximum atomic E-state index is 10.1. The van der Waals surface area contributed by atoms with Crippen LogP contribution in [-0.4, -0.2) is 271 Å². The van der Waals surface area contributed by atoms with Crippen molar-refractivity contribution in [1.82, 2.24) is 0 Å². The average Bonchev–Trinajstić information content (AvgIpc) is 3.12. The third-order valence-electron chi connectivity index (χ3n) is 6.03. The normalized spacial score (nSPS) is 20.0. The van der Waals surface area contributed by atoms with Crippen molar-refractivity contribution in [2.24, 2.45) is 0 Å². The van der Waals surface area contributed by atoms with E-state index in [1.54, 1.807) is 0 Å². The molecule has 0 unspecified atom stereocenters. The Labute approximate surface area is 309 Å². The average molecular weight is 883 g/mol. The molecule has 0 saturated carbocycles. The monoisotopic (exact) mass is 881 g/mol. The standard InChI is InChI=1S/4C6H12O7.Tc/c4*7-1-2(8)3(9)4(10)5(11)6(12)13;/h4*2-5,7-11H,1H2,(H,12,13);/t4*2-,3-,4+,5-;/m1111./s1. The third kappa shape index (κ3) is 23.3. The summed E-state index contributed by atoms with van der Waals surface area (Å²) in [7, 11) is 0. The van der Waals surface area contributed by atoms with Gasteiger partial charge in [-0.2, -0.15) is 0 Å². The fourth-order valence-electron chi connectivity index (χ4n) is 2.67. The van der Waals surface area contributed by atoms with Crippen LogP contribution in [-0.2, 0) is 39.3 Å². The molecule has 0 bridgehead atoms. The first kappa shape index (κ1) is 60.0. The van der Waals surface area contributed by atoms with Gasteiger partial charge in [0.15, 0.2) is 24.4 Å². The fraction of sp³-hybridized carbons (Fsp3) is 0.833. The van der Waals surface area contributed by atoms with Crippen molar-refractivity contribution < 1.29 is 162 Å². The van der Waals surface area contributed by atoms with Gasteiger partial charge in [0, 0.05) is 20.1 Å². The van der Waals surface area contributed by atoms with Crippen LogP contribution >= 0.6 is 0 Å². The molecule has 0 amide bonds. The van der Waals surface area contributed by atoms with E-state index in [1.165, 1.54) is 0 Å². The first-order valence-electron chi connectivity index (χ1n) is 13.9. The van der Waals surface area contributed by atoms with Crippen molar-refractivity contribution in [3.05, 3.63) is 0 Å². The molecule has 53 heavy (non-hydrogen) atoms. The summed E-state index contributed by atoms with van der Waals surface area (Å²) in [5.41, 5.74) is 0. The molecule has 0 aromatic carbocycles. The summed E-state index contributed by atoms with van der Waals surface area (Å²) >= 11 is 0. The first-order chi connectivity index (χ1) is 23.7. The second-order valence-corrected chi connectivity index (χ2v) is 10.1. The van der Waals surface area contributed by atoms with Crippen molar-refractivity contribution in [3.8, 4) is 0 Å². The van der Waals surface area contributed by atoms with Crippen LogP contribution in [0, 0.1) is 0 Å². The Bertz CT molecular complexity index is 841. The van der Waals surface area contributed by atoms with Crippen molar-refractivity contribution in [2.45, 2.75) is 97.7 Å². The number of hydrogen-bond acceptors (Lipinski definition) is 24. The smallest absolute Gasteiger partial charge is 0.335 e. The molecule has 0 fully saturated rings. The number of aliphatic hydroxyl groups is 20. The summed E-state index contributed by atoms with van der Waals surface area (Å²) in [5, 5.41) is 207. The van der Waals surface area contributed by atoms with E-state index in [0.717, 1.165) is 0 Å². The molecule has 0 aliphatic rings. The first-order valence-corrected chi connectivity index (χ1v) is 13.9. The van der Waals surface area contributed by atoms with Gasteiger partial charge in [0.1, 0.15) is 73.2 Å². The van der Waals surface area contributed by atoms with E-state index in [1.807, 2.05) is 0 Å². The van der Waals surface area contributed by atoms with E-state index >= 15 is 0 Å². The molecule has 1 radical (unpaired) electrons. The quantitative estimate of drug-likeness (QED) is 0.0540. The molecular weight excluding hydrogens is 834 g/mol. The minimum absolute atomic E-state index is 0. The zero-order chi connectivity index (χ0) is 42.4. The maximum Gasteiger partial charge on any atom is 0.335 e. The number of carboxylic acid groups (broad SMARTS) is 4. The van der Waals surface area contributed by atoms with Gasteiger partial charge in [0.05, 0.1) is 26.4 Å². The number of rotatable bonds is 20. The van der Waals surface area contributed by atoms with Crippen molar-refractivity contribution >= 4 is 23.9 Å². The van der Waals surface area contributed by atoms with Crippen LogP contribution in [0.25, 0.3) is 0 Å². The Balaban J connectivity index is -0.000000192. The van der Waals surface area contributed by atoms with Crippen LogP contribution in [0.3, 0.4) is 0 Å². The van der Waals surface area contributed by atoms with Gasteiger partial charge in [0.25, 0.3) is 0 Å². The van der Waals surface area contributed by atoms with Gasteiger partial charge in [0.2, 0.25) is 0 Å². The molecule has 29 heteroatoms. The number of aliphatic hydroxyl groups excluding tert-OH is 20. The Hall–Kier alpha value is -2.27. The number of aliphatic carboxylic acids is 4. The summed E-state index contributed by atoms with van der Waals surface area (Å²) < 4.78 is 0. The summed E-state index contributed by atoms with van der Waals surface area (Å²) in [4.78, 5) is 40.4. The molecule has 0 rings (SSSR count). The third-order valence-corrected chi connectivity index (χ3v) is 6.03. The molecule has 28 nitrogen and oxygen atoms in total. The molecule has 24 N–H and O–H groups in total. The summed E-state index contributed by atoms with van der Waals surface area (Å²) in [6.07, 6.45) is -31.3. The van der Waals surface area contributed by atoms with Crippen molar-refractivity contribution in [3.63, 3.8) is 0 Å². The molecule has 319 valence electrons. The predicted octanol–water partition coefficient (Wildman–Crippen LogP) is -14.0. The zero-order valence-electron chi connectivity index (χ0n) is 26.8. The summed E-state index contributed by atoms with van der Waals surface area (Å²) in [5.74, 6) is -6.90. The van der Waals surface area contributed by atoms with E-state index in [2.05, 4.69) is 0 Å². The minimum atomic E-state index is -2.20. The fourth-order valence-corrected chi connectivity index (χ4v) is 2.67. The van der Waals surface area contributed by atoms with E-state index < -0.39 is 148 Å². The Morgan fingerprint density at radius 2 is 0.396 bits per heavy atom. The number of hydrogen-bond donors (Lipinski definition) is 24. The number of carbonyl (C=O) groups is 4. The van der Waals surface area contributed by atoms with Crippen molar-refractivity contribution in [2.75, 3.05) is 26.4 Å². The predicted molar refractivity (Wildman–Crippen MR) is 155 cm³/mol. The van der Waals surface area contributed by atoms with E-state index in [4.69, 9.17) is 123 Å². The molecule has 0 aromatic rings. The molecule has 0 spiro atoms. The van der Waals surface area contributed by atoms with E-state index in [0.29, 0.717) is 0 Å². The van der Waals surface area contributed by atoms with E-state index in [-0.39, 0.29) is 20.1 Å². The largest absolute Gasteiger partial charge is 0.479 e. The topological polar surface area (TPSA) is 554 Å². The Morgan fingerprint density at radius 3 is 0.472 bits per heavy atom. The Kier molecular flexibility index (Phi) is 35.1. The van der Waals surface area contributed by atoms with Gasteiger partial charge < -0.3 is 123 Å². The van der Waals surface area contributed by atoms with Gasteiger partial charge in [-0.1, -0.05) is 0 Å². The van der Waals surface area contributed by atoms with Gasteiger partial charge in [-0.05, 0) is 0 Å². The Morgan fingerprint density at radius 1 is 0.283 bits per heavy atom. The minimum Gasteiger partial charge on any atom is -0.479 e. The van der Waals surface area contributed by atoms with E-state index in [9.17, 15) is 19.2 Å². The molecule has 0 aliphatic heterocycles. The summed E-state index contributed by atoms with van der Waals surface area (Å²) in [6, 6.07) is 0. The number of carboxylic acids is 4. The summed E-state index contributed by atoms with van der Waals surface area (Å²) in [6.45, 7) is -3.37. The van der Waals surface area contributed by atoms with Gasteiger partial charge in [-0.3, -0.25) is 0 Å². The van der Waals surface area contributed by atoms with Crippen LogP contribution < -0.4 is 0 Å². The van der Waals surface area contributed by atoms with Gasteiger partial charge in [-0.25, -0.2) is 19.2 Å². The second-order valence-electron chi connectivity index (χ2n) is 10.1. The van der Waals surface area contributed by atoms with Crippen LogP contribution in [0.2, 0.25) is 0 Å². The van der Waals surface area contributed by atoms with Crippen LogP contribution in [0.15, 0.2) is 0 Å². The maximum absolute atomic E-state index is 10.1. The molecule has 0 heterocycles. The molecule has 0 aromatic heterocycles. The molecule has 16 atom stereocenters. The van der Waals surface area contributed by atoms with Crippen LogP contribution in [0.5, 0.6) is 0 Å². The molecule has 0 saturated heterocycles. The van der Waals surface area contributed by atoms with Crippen molar-refractivity contribution in [1.29, 1.82) is 0 Å². The van der Waals surface area contributed by atoms with Crippen LogP contribution in [0.1, 0.15) is 0 Å². The van der Waals surface area contributed by atoms with Gasteiger partial charge >= 0.3 is 23.9 Å². The zero-order valence-corrected chi connectivity index (χ0v) is 28.7. The van der Waals surface area contributed by atoms with Crippen LogP contribution in [0.4, 0.5) is 0 Å². The molecule has 0 aliphatic carbocycles. The SMILES string of the molecule is O=C(O)[C@H](O)[C@@H](O)[C@H](O)[C@H](O)CO.O=C(O)[C@H](O)[C@@H](O)[C@H](O)[C@H](O)CO.O=C(O)[C@H](O)[C@@H](O)[C@H](O)[C@H](O)CO.O=C(O)[C@H](O)[C@@H](O)[C@H](O)[C@H](O)CO.[Tc]. The second kappa shape index (κ2) is 31.0.